The van der Waals surface area contributed by atoms with Gasteiger partial charge in [-0.15, -0.1) is 0 Å². The summed E-state index contributed by atoms with van der Waals surface area (Å²) in [7, 11) is 0. The van der Waals surface area contributed by atoms with Crippen molar-refractivity contribution in [3.8, 4) is 0 Å². The van der Waals surface area contributed by atoms with Crippen molar-refractivity contribution < 1.29 is 24.2 Å². The largest absolute Gasteiger partial charge is 0.477 e. The second-order valence-electron chi connectivity index (χ2n) is 3.68. The molecule has 0 saturated heterocycles. The van der Waals surface area contributed by atoms with E-state index in [9.17, 15) is 14.4 Å². The van der Waals surface area contributed by atoms with Crippen LogP contribution in [0.3, 0.4) is 0 Å². The molecule has 1 aromatic rings. The standard InChI is InChI=1S/C12H14N2O5/c1-3-19-12(18)9-6(2)10(11(16)17)14-7(9)4-5-8(13)15/h4-5,14H,3H2,1-2H3,(H2,13,15)(H,16,17)/b5-4+. The van der Waals surface area contributed by atoms with Gasteiger partial charge >= 0.3 is 11.9 Å². The molecular formula is C12H14N2O5. The summed E-state index contributed by atoms with van der Waals surface area (Å²) >= 11 is 0. The van der Waals surface area contributed by atoms with Crippen molar-refractivity contribution in [2.24, 2.45) is 5.73 Å². The number of carboxylic acids is 1. The van der Waals surface area contributed by atoms with E-state index >= 15 is 0 Å². The van der Waals surface area contributed by atoms with Crippen molar-refractivity contribution >= 4 is 23.9 Å². The van der Waals surface area contributed by atoms with Gasteiger partial charge in [0.2, 0.25) is 5.91 Å². The van der Waals surface area contributed by atoms with Gasteiger partial charge in [0, 0.05) is 6.08 Å². The van der Waals surface area contributed by atoms with Crippen molar-refractivity contribution in [2.45, 2.75) is 13.8 Å². The summed E-state index contributed by atoms with van der Waals surface area (Å²) < 4.78 is 4.85. The number of rotatable bonds is 5. The summed E-state index contributed by atoms with van der Waals surface area (Å²) in [6, 6.07) is 0. The Morgan fingerprint density at radius 3 is 2.53 bits per heavy atom. The first kappa shape index (κ1) is 14.5. The molecule has 0 aliphatic rings. The Balaban J connectivity index is 3.35. The number of esters is 1. The number of aromatic nitrogens is 1. The van der Waals surface area contributed by atoms with E-state index in [0.717, 1.165) is 6.08 Å². The number of carbonyl (C=O) groups excluding carboxylic acids is 2. The number of nitrogens with two attached hydrogens (primary N) is 1. The molecule has 19 heavy (non-hydrogen) atoms. The molecule has 0 aliphatic heterocycles. The van der Waals surface area contributed by atoms with Crippen LogP contribution in [0.15, 0.2) is 6.08 Å². The van der Waals surface area contributed by atoms with Crippen molar-refractivity contribution in [3.05, 3.63) is 28.6 Å². The fraction of sp³-hybridized carbons (Fsp3) is 0.250. The van der Waals surface area contributed by atoms with E-state index in [2.05, 4.69) is 4.98 Å². The van der Waals surface area contributed by atoms with Crippen LogP contribution >= 0.6 is 0 Å². The van der Waals surface area contributed by atoms with Crippen molar-refractivity contribution in [2.75, 3.05) is 6.61 Å². The number of aromatic amines is 1. The first-order valence-corrected chi connectivity index (χ1v) is 5.49. The average molecular weight is 266 g/mol. The first-order chi connectivity index (χ1) is 8.88. The van der Waals surface area contributed by atoms with E-state index in [0.29, 0.717) is 0 Å². The quantitative estimate of drug-likeness (QED) is 0.534. The van der Waals surface area contributed by atoms with Crippen LogP contribution in [0.1, 0.15) is 39.0 Å². The summed E-state index contributed by atoms with van der Waals surface area (Å²) in [6.45, 7) is 3.27. The Kier molecular flexibility index (Phi) is 4.46. The van der Waals surface area contributed by atoms with Gasteiger partial charge in [-0.1, -0.05) is 0 Å². The fourth-order valence-electron chi connectivity index (χ4n) is 1.59. The van der Waals surface area contributed by atoms with Crippen LogP contribution in [0.25, 0.3) is 6.08 Å². The van der Waals surface area contributed by atoms with Crippen LogP contribution in [0.5, 0.6) is 0 Å². The molecule has 7 nitrogen and oxygen atoms in total. The van der Waals surface area contributed by atoms with E-state index in [1.807, 2.05) is 0 Å². The molecule has 0 saturated carbocycles. The zero-order chi connectivity index (χ0) is 14.6. The van der Waals surface area contributed by atoms with Crippen LogP contribution in [-0.4, -0.2) is 34.5 Å². The van der Waals surface area contributed by atoms with E-state index in [4.69, 9.17) is 15.6 Å². The topological polar surface area (TPSA) is 122 Å². The molecular weight excluding hydrogens is 252 g/mol. The molecule has 102 valence electrons. The Hall–Kier alpha value is -2.57. The number of hydrogen-bond donors (Lipinski definition) is 3. The molecule has 1 amide bonds. The van der Waals surface area contributed by atoms with Gasteiger partial charge in [-0.2, -0.15) is 0 Å². The Morgan fingerprint density at radius 1 is 1.42 bits per heavy atom. The minimum absolute atomic E-state index is 0.0803. The van der Waals surface area contributed by atoms with Crippen molar-refractivity contribution in [3.63, 3.8) is 0 Å². The highest BCUT2D eigenvalue weighted by Crippen LogP contribution is 2.21. The van der Waals surface area contributed by atoms with E-state index in [-0.39, 0.29) is 29.1 Å². The molecule has 0 atom stereocenters. The van der Waals surface area contributed by atoms with Crippen LogP contribution < -0.4 is 5.73 Å². The molecule has 0 aliphatic carbocycles. The lowest BCUT2D eigenvalue weighted by molar-refractivity contribution is -0.113. The molecule has 0 unspecified atom stereocenters. The molecule has 0 bridgehead atoms. The summed E-state index contributed by atoms with van der Waals surface area (Å²) in [5.74, 6) is -2.58. The summed E-state index contributed by atoms with van der Waals surface area (Å²) in [5, 5.41) is 8.99. The molecule has 7 heteroatoms. The lowest BCUT2D eigenvalue weighted by Gasteiger charge is -2.02. The molecule has 4 N–H and O–H groups in total. The van der Waals surface area contributed by atoms with Gasteiger partial charge in [-0.05, 0) is 25.5 Å². The monoisotopic (exact) mass is 266 g/mol. The molecule has 0 fully saturated rings. The maximum Gasteiger partial charge on any atom is 0.352 e. The predicted octanol–water partition coefficient (Wildman–Crippen LogP) is 0.697. The van der Waals surface area contributed by atoms with Gasteiger partial charge in [0.05, 0.1) is 17.9 Å². The molecule has 0 radical (unpaired) electrons. The number of nitrogens with one attached hydrogen (secondary N) is 1. The van der Waals surface area contributed by atoms with Gasteiger partial charge in [-0.3, -0.25) is 4.79 Å². The molecule has 1 rings (SSSR count). The molecule has 1 heterocycles. The van der Waals surface area contributed by atoms with Gasteiger partial charge in [0.15, 0.2) is 0 Å². The summed E-state index contributed by atoms with van der Waals surface area (Å²) in [4.78, 5) is 36.0. The fourth-order valence-corrected chi connectivity index (χ4v) is 1.59. The number of carboxylic acid groups (broad SMARTS) is 1. The number of hydrogen-bond acceptors (Lipinski definition) is 4. The molecule has 0 aromatic carbocycles. The van der Waals surface area contributed by atoms with Crippen LogP contribution in [0, 0.1) is 6.92 Å². The van der Waals surface area contributed by atoms with Crippen molar-refractivity contribution in [1.82, 2.24) is 4.98 Å². The smallest absolute Gasteiger partial charge is 0.352 e. The van der Waals surface area contributed by atoms with Crippen LogP contribution in [0.4, 0.5) is 0 Å². The highest BCUT2D eigenvalue weighted by atomic mass is 16.5. The number of carbonyl (C=O) groups is 3. The normalized spacial score (nSPS) is 10.6. The van der Waals surface area contributed by atoms with Gasteiger partial charge in [-0.25, -0.2) is 9.59 Å². The zero-order valence-corrected chi connectivity index (χ0v) is 10.5. The first-order valence-electron chi connectivity index (χ1n) is 5.49. The third kappa shape index (κ3) is 3.21. The third-order valence-corrected chi connectivity index (χ3v) is 2.39. The van der Waals surface area contributed by atoms with Crippen molar-refractivity contribution in [1.29, 1.82) is 0 Å². The number of aromatic carboxylic acids is 1. The lowest BCUT2D eigenvalue weighted by atomic mass is 10.1. The Bertz CT molecular complexity index is 557. The summed E-state index contributed by atoms with van der Waals surface area (Å²) in [5.41, 5.74) is 5.32. The van der Waals surface area contributed by atoms with Crippen LogP contribution in [0.2, 0.25) is 0 Å². The SMILES string of the molecule is CCOC(=O)c1c(/C=C/C(N)=O)[nH]c(C(=O)O)c1C. The summed E-state index contributed by atoms with van der Waals surface area (Å²) in [6.07, 6.45) is 2.27. The minimum atomic E-state index is -1.21. The Labute approximate surface area is 109 Å². The number of H-pyrrole nitrogens is 1. The number of amides is 1. The second-order valence-corrected chi connectivity index (χ2v) is 3.68. The Morgan fingerprint density at radius 2 is 2.05 bits per heavy atom. The third-order valence-electron chi connectivity index (χ3n) is 2.39. The highest BCUT2D eigenvalue weighted by molar-refractivity contribution is 6.01. The van der Waals surface area contributed by atoms with Gasteiger partial charge in [0.1, 0.15) is 5.69 Å². The maximum absolute atomic E-state index is 11.8. The average Bonchev–Trinajstić information content (AvgIpc) is 2.64. The number of primary amides is 1. The zero-order valence-electron chi connectivity index (χ0n) is 10.5. The van der Waals surface area contributed by atoms with Crippen LogP contribution in [-0.2, 0) is 9.53 Å². The van der Waals surface area contributed by atoms with E-state index in [1.54, 1.807) is 6.92 Å². The van der Waals surface area contributed by atoms with E-state index in [1.165, 1.54) is 13.0 Å². The molecule has 0 spiro atoms. The van der Waals surface area contributed by atoms with Gasteiger partial charge < -0.3 is 20.6 Å². The van der Waals surface area contributed by atoms with Gasteiger partial charge in [0.25, 0.3) is 0 Å². The predicted molar refractivity (Wildman–Crippen MR) is 66.7 cm³/mol. The lowest BCUT2D eigenvalue weighted by Crippen LogP contribution is -2.08. The number of ether oxygens (including phenoxy) is 1. The highest BCUT2D eigenvalue weighted by Gasteiger charge is 2.23. The maximum atomic E-state index is 11.8. The second kappa shape index (κ2) is 5.85. The minimum Gasteiger partial charge on any atom is -0.477 e. The molecule has 1 aromatic heterocycles. The van der Waals surface area contributed by atoms with E-state index < -0.39 is 17.8 Å².